The van der Waals surface area contributed by atoms with E-state index < -0.39 is 11.5 Å². The van der Waals surface area contributed by atoms with E-state index in [1.165, 1.54) is 6.92 Å². The molecule has 0 aliphatic heterocycles. The number of carboxylic acid groups (broad SMARTS) is 1. The minimum atomic E-state index is -1.18. The van der Waals surface area contributed by atoms with Crippen LogP contribution >= 0.6 is 0 Å². The monoisotopic (exact) mass is 293 g/mol. The average Bonchev–Trinajstić information content (AvgIpc) is 2.39. The number of rotatable bonds is 14. The van der Waals surface area contributed by atoms with E-state index in [0.29, 0.717) is 59.1 Å². The van der Waals surface area contributed by atoms with Crippen molar-refractivity contribution in [3.8, 4) is 0 Å². The lowest BCUT2D eigenvalue weighted by molar-refractivity contribution is -0.143. The van der Waals surface area contributed by atoms with Gasteiger partial charge in [0.1, 0.15) is 5.54 Å². The fourth-order valence-electron chi connectivity index (χ4n) is 1.33. The summed E-state index contributed by atoms with van der Waals surface area (Å²) in [7, 11) is 1.63. The van der Waals surface area contributed by atoms with Gasteiger partial charge in [-0.3, -0.25) is 4.79 Å². The molecule has 1 atom stereocenters. The lowest BCUT2D eigenvalue weighted by Gasteiger charge is -2.18. The molecule has 0 aliphatic carbocycles. The van der Waals surface area contributed by atoms with Crippen LogP contribution in [0.2, 0.25) is 0 Å². The summed E-state index contributed by atoms with van der Waals surface area (Å²) in [6.07, 6.45) is 0.996. The summed E-state index contributed by atoms with van der Waals surface area (Å²) in [5.41, 5.74) is 4.41. The van der Waals surface area contributed by atoms with E-state index in [1.54, 1.807) is 7.11 Å². The van der Waals surface area contributed by atoms with Crippen molar-refractivity contribution in [3.63, 3.8) is 0 Å². The third-order valence-corrected chi connectivity index (χ3v) is 2.65. The molecule has 0 fully saturated rings. The average molecular weight is 293 g/mol. The lowest BCUT2D eigenvalue weighted by Crippen LogP contribution is -2.44. The Hall–Kier alpha value is -0.730. The molecule has 7 nitrogen and oxygen atoms in total. The third kappa shape index (κ3) is 11.1. The molecule has 20 heavy (non-hydrogen) atoms. The Morgan fingerprint density at radius 3 is 1.90 bits per heavy atom. The van der Waals surface area contributed by atoms with E-state index in [4.69, 9.17) is 29.8 Å². The number of ether oxygens (including phenoxy) is 4. The number of methoxy groups -OCH3 is 1. The molecule has 0 heterocycles. The SMILES string of the molecule is COCCOCCOCCOCCCC(C)(N)C(=O)O. The number of carbonyl (C=O) groups is 1. The summed E-state index contributed by atoms with van der Waals surface area (Å²) in [5.74, 6) is -0.991. The van der Waals surface area contributed by atoms with Gasteiger partial charge in [0.25, 0.3) is 0 Å². The summed E-state index contributed by atoms with van der Waals surface area (Å²) < 4.78 is 20.7. The van der Waals surface area contributed by atoms with Crippen LogP contribution in [0.4, 0.5) is 0 Å². The van der Waals surface area contributed by atoms with Gasteiger partial charge in [0.05, 0.1) is 39.6 Å². The highest BCUT2D eigenvalue weighted by Crippen LogP contribution is 2.08. The molecule has 0 aromatic carbocycles. The second-order valence-electron chi connectivity index (χ2n) is 4.66. The van der Waals surface area contributed by atoms with E-state index in [0.717, 1.165) is 0 Å². The summed E-state index contributed by atoms with van der Waals surface area (Å²) in [6, 6.07) is 0. The van der Waals surface area contributed by atoms with Gasteiger partial charge in [0, 0.05) is 13.7 Å². The van der Waals surface area contributed by atoms with Gasteiger partial charge in [-0.1, -0.05) is 0 Å². The fraction of sp³-hybridized carbons (Fsp3) is 0.923. The van der Waals surface area contributed by atoms with Crippen LogP contribution in [0, 0.1) is 0 Å². The molecule has 1 unspecified atom stereocenters. The topological polar surface area (TPSA) is 100 Å². The molecule has 0 bridgehead atoms. The predicted octanol–water partition coefficient (Wildman–Crippen LogP) is 0.265. The van der Waals surface area contributed by atoms with Crippen molar-refractivity contribution in [3.05, 3.63) is 0 Å². The molecule has 0 amide bonds. The summed E-state index contributed by atoms with van der Waals surface area (Å²) in [6.45, 7) is 5.16. The molecule has 120 valence electrons. The van der Waals surface area contributed by atoms with Crippen molar-refractivity contribution < 1.29 is 28.8 Å². The minimum Gasteiger partial charge on any atom is -0.480 e. The van der Waals surface area contributed by atoms with E-state index in [-0.39, 0.29) is 0 Å². The van der Waals surface area contributed by atoms with Gasteiger partial charge in [-0.25, -0.2) is 0 Å². The molecule has 0 aromatic heterocycles. The van der Waals surface area contributed by atoms with E-state index in [1.807, 2.05) is 0 Å². The first kappa shape index (κ1) is 19.3. The van der Waals surface area contributed by atoms with E-state index in [2.05, 4.69) is 0 Å². The zero-order valence-electron chi connectivity index (χ0n) is 12.4. The zero-order chi connectivity index (χ0) is 15.3. The summed E-state index contributed by atoms with van der Waals surface area (Å²) in [4.78, 5) is 10.7. The first-order chi connectivity index (χ1) is 9.50. The van der Waals surface area contributed by atoms with Crippen LogP contribution in [0.15, 0.2) is 0 Å². The molecule has 7 heteroatoms. The summed E-state index contributed by atoms with van der Waals surface area (Å²) in [5, 5.41) is 8.81. The first-order valence-electron chi connectivity index (χ1n) is 6.75. The first-order valence-corrected chi connectivity index (χ1v) is 6.75. The quantitative estimate of drug-likeness (QED) is 0.443. The highest BCUT2D eigenvalue weighted by atomic mass is 16.6. The number of carboxylic acids is 1. The number of hydrogen-bond donors (Lipinski definition) is 2. The Balaban J connectivity index is 3.19. The normalized spacial score (nSPS) is 14.2. The standard InChI is InChI=1S/C13H27NO6/c1-13(14,12(15)16)4-3-5-18-8-9-20-11-10-19-7-6-17-2/h3-11,14H2,1-2H3,(H,15,16). The Kier molecular flexibility index (Phi) is 11.6. The maximum absolute atomic E-state index is 10.7. The molecule has 0 aliphatic rings. The van der Waals surface area contributed by atoms with Crippen molar-refractivity contribution in [2.24, 2.45) is 5.73 Å². The Morgan fingerprint density at radius 2 is 1.45 bits per heavy atom. The van der Waals surface area contributed by atoms with Crippen LogP contribution in [0.1, 0.15) is 19.8 Å². The van der Waals surface area contributed by atoms with Crippen molar-refractivity contribution in [2.75, 3.05) is 53.4 Å². The molecule has 0 rings (SSSR count). The van der Waals surface area contributed by atoms with Crippen molar-refractivity contribution in [1.29, 1.82) is 0 Å². The number of hydrogen-bond acceptors (Lipinski definition) is 6. The Bertz CT molecular complexity index is 247. The van der Waals surface area contributed by atoms with Gasteiger partial charge in [-0.15, -0.1) is 0 Å². The van der Waals surface area contributed by atoms with Gasteiger partial charge in [0.15, 0.2) is 0 Å². The molecule has 0 saturated carbocycles. The molecule has 0 radical (unpaired) electrons. The largest absolute Gasteiger partial charge is 0.480 e. The zero-order valence-corrected chi connectivity index (χ0v) is 12.4. The maximum atomic E-state index is 10.7. The van der Waals surface area contributed by atoms with Crippen LogP contribution < -0.4 is 5.73 Å². The lowest BCUT2D eigenvalue weighted by atomic mass is 9.98. The minimum absolute atomic E-state index is 0.385. The summed E-state index contributed by atoms with van der Waals surface area (Å²) >= 11 is 0. The van der Waals surface area contributed by atoms with Gasteiger partial charge in [0.2, 0.25) is 0 Å². The molecule has 3 N–H and O–H groups in total. The van der Waals surface area contributed by atoms with Gasteiger partial charge >= 0.3 is 5.97 Å². The smallest absolute Gasteiger partial charge is 0.323 e. The second-order valence-corrected chi connectivity index (χ2v) is 4.66. The predicted molar refractivity (Wildman–Crippen MR) is 73.8 cm³/mol. The maximum Gasteiger partial charge on any atom is 0.323 e. The van der Waals surface area contributed by atoms with Crippen molar-refractivity contribution >= 4 is 5.97 Å². The van der Waals surface area contributed by atoms with Crippen LogP contribution in [-0.4, -0.2) is 70.0 Å². The molecular formula is C13H27NO6. The van der Waals surface area contributed by atoms with Gasteiger partial charge < -0.3 is 29.8 Å². The Morgan fingerprint density at radius 1 is 1.00 bits per heavy atom. The van der Waals surface area contributed by atoms with Gasteiger partial charge in [-0.05, 0) is 19.8 Å². The van der Waals surface area contributed by atoms with E-state index in [9.17, 15) is 4.79 Å². The van der Waals surface area contributed by atoms with Crippen LogP contribution in [0.25, 0.3) is 0 Å². The Labute approximate surface area is 120 Å². The van der Waals surface area contributed by atoms with Crippen LogP contribution in [0.5, 0.6) is 0 Å². The van der Waals surface area contributed by atoms with Crippen molar-refractivity contribution in [2.45, 2.75) is 25.3 Å². The molecule has 0 spiro atoms. The highest BCUT2D eigenvalue weighted by Gasteiger charge is 2.26. The van der Waals surface area contributed by atoms with Gasteiger partial charge in [-0.2, -0.15) is 0 Å². The second kappa shape index (κ2) is 12.0. The van der Waals surface area contributed by atoms with E-state index >= 15 is 0 Å². The fourth-order valence-corrected chi connectivity index (χ4v) is 1.33. The highest BCUT2D eigenvalue weighted by molar-refractivity contribution is 5.77. The number of aliphatic carboxylic acids is 1. The van der Waals surface area contributed by atoms with Crippen LogP contribution in [-0.2, 0) is 23.7 Å². The van der Waals surface area contributed by atoms with Crippen molar-refractivity contribution in [1.82, 2.24) is 0 Å². The molecule has 0 saturated heterocycles. The molecular weight excluding hydrogens is 266 g/mol. The number of nitrogens with two attached hydrogens (primary N) is 1. The van der Waals surface area contributed by atoms with Crippen LogP contribution in [0.3, 0.4) is 0 Å². The molecule has 0 aromatic rings. The third-order valence-electron chi connectivity index (χ3n) is 2.65.